The number of aromatic nitrogens is 1. The van der Waals surface area contributed by atoms with E-state index in [-0.39, 0.29) is 5.91 Å². The standard InChI is InChI=1S/C10H10BrN3O/c1-14(6-2-5-12)10(15)8-3-4-9(11)13-7-8/h3-4,7H,2,6H2,1H3. The van der Waals surface area contributed by atoms with Crippen molar-refractivity contribution in [3.63, 3.8) is 0 Å². The summed E-state index contributed by atoms with van der Waals surface area (Å²) in [6, 6.07) is 5.41. The van der Waals surface area contributed by atoms with Crippen LogP contribution in [0.4, 0.5) is 0 Å². The van der Waals surface area contributed by atoms with Crippen molar-refractivity contribution in [2.45, 2.75) is 6.42 Å². The van der Waals surface area contributed by atoms with Gasteiger partial charge in [-0.15, -0.1) is 0 Å². The largest absolute Gasteiger partial charge is 0.341 e. The Hall–Kier alpha value is -1.41. The van der Waals surface area contributed by atoms with Gasteiger partial charge in [-0.25, -0.2) is 4.98 Å². The van der Waals surface area contributed by atoms with E-state index in [0.29, 0.717) is 23.1 Å². The van der Waals surface area contributed by atoms with Crippen molar-refractivity contribution in [1.82, 2.24) is 9.88 Å². The molecule has 0 aromatic carbocycles. The zero-order chi connectivity index (χ0) is 11.3. The maximum atomic E-state index is 11.7. The molecule has 1 aromatic heterocycles. The normalized spacial score (nSPS) is 9.40. The van der Waals surface area contributed by atoms with Crippen LogP contribution in [0.3, 0.4) is 0 Å². The first-order valence-electron chi connectivity index (χ1n) is 4.39. The summed E-state index contributed by atoms with van der Waals surface area (Å²) in [5, 5.41) is 8.40. The number of nitrogens with zero attached hydrogens (tertiary/aromatic N) is 3. The summed E-state index contributed by atoms with van der Waals surface area (Å²) in [7, 11) is 1.67. The molecule has 0 bridgehead atoms. The minimum absolute atomic E-state index is 0.120. The zero-order valence-electron chi connectivity index (χ0n) is 8.27. The number of hydrogen-bond acceptors (Lipinski definition) is 3. The predicted octanol–water partition coefficient (Wildman–Crippen LogP) is 1.83. The lowest BCUT2D eigenvalue weighted by atomic mass is 10.2. The van der Waals surface area contributed by atoms with E-state index in [4.69, 9.17) is 5.26 Å². The van der Waals surface area contributed by atoms with Crippen molar-refractivity contribution < 1.29 is 4.79 Å². The van der Waals surface area contributed by atoms with E-state index in [1.807, 2.05) is 6.07 Å². The van der Waals surface area contributed by atoms with Gasteiger partial charge in [-0.3, -0.25) is 4.79 Å². The summed E-state index contributed by atoms with van der Waals surface area (Å²) >= 11 is 3.19. The van der Waals surface area contributed by atoms with Gasteiger partial charge < -0.3 is 4.90 Å². The van der Waals surface area contributed by atoms with E-state index >= 15 is 0 Å². The molecular weight excluding hydrogens is 258 g/mol. The molecule has 0 unspecified atom stereocenters. The highest BCUT2D eigenvalue weighted by Gasteiger charge is 2.10. The second-order valence-electron chi connectivity index (χ2n) is 3.00. The van der Waals surface area contributed by atoms with Gasteiger partial charge in [0, 0.05) is 19.8 Å². The molecule has 0 N–H and O–H groups in total. The van der Waals surface area contributed by atoms with Gasteiger partial charge in [-0.2, -0.15) is 5.26 Å². The molecule has 0 saturated carbocycles. The maximum absolute atomic E-state index is 11.7. The summed E-state index contributed by atoms with van der Waals surface area (Å²) in [6.45, 7) is 0.436. The smallest absolute Gasteiger partial charge is 0.255 e. The van der Waals surface area contributed by atoms with Gasteiger partial charge in [0.2, 0.25) is 0 Å². The molecule has 0 radical (unpaired) electrons. The summed E-state index contributed by atoms with van der Waals surface area (Å²) in [4.78, 5) is 17.2. The van der Waals surface area contributed by atoms with Crippen LogP contribution in [0.1, 0.15) is 16.8 Å². The quantitative estimate of drug-likeness (QED) is 0.786. The Kier molecular flexibility index (Phi) is 4.25. The second-order valence-corrected chi connectivity index (χ2v) is 3.82. The summed E-state index contributed by atoms with van der Waals surface area (Å²) in [5.41, 5.74) is 0.527. The molecule has 1 aromatic rings. The number of amides is 1. The highest BCUT2D eigenvalue weighted by molar-refractivity contribution is 9.10. The molecule has 0 aliphatic rings. The number of rotatable bonds is 3. The van der Waals surface area contributed by atoms with Gasteiger partial charge in [-0.1, -0.05) is 0 Å². The van der Waals surface area contributed by atoms with E-state index in [0.717, 1.165) is 0 Å². The first-order chi connectivity index (χ1) is 7.15. The van der Waals surface area contributed by atoms with Crippen molar-refractivity contribution in [3.8, 4) is 6.07 Å². The minimum Gasteiger partial charge on any atom is -0.341 e. The topological polar surface area (TPSA) is 57.0 Å². The van der Waals surface area contributed by atoms with Crippen LogP contribution in [-0.2, 0) is 0 Å². The van der Waals surface area contributed by atoms with Gasteiger partial charge in [0.05, 0.1) is 18.1 Å². The van der Waals surface area contributed by atoms with Crippen molar-refractivity contribution >= 4 is 21.8 Å². The van der Waals surface area contributed by atoms with E-state index in [9.17, 15) is 4.79 Å². The predicted molar refractivity (Wildman–Crippen MR) is 59.1 cm³/mol. The Bertz CT molecular complexity index is 383. The number of hydrogen-bond donors (Lipinski definition) is 0. The molecule has 78 valence electrons. The van der Waals surface area contributed by atoms with E-state index in [1.54, 1.807) is 19.2 Å². The fourth-order valence-electron chi connectivity index (χ4n) is 1.04. The molecule has 0 spiro atoms. The fraction of sp³-hybridized carbons (Fsp3) is 0.300. The Balaban J connectivity index is 2.68. The lowest BCUT2D eigenvalue weighted by Gasteiger charge is -2.14. The molecule has 15 heavy (non-hydrogen) atoms. The molecule has 0 aliphatic carbocycles. The summed E-state index contributed by atoms with van der Waals surface area (Å²) < 4.78 is 0.693. The number of nitriles is 1. The zero-order valence-corrected chi connectivity index (χ0v) is 9.86. The Morgan fingerprint density at radius 1 is 1.67 bits per heavy atom. The molecule has 5 heteroatoms. The number of carbonyl (C=O) groups is 1. The van der Waals surface area contributed by atoms with Gasteiger partial charge in [0.15, 0.2) is 0 Å². The van der Waals surface area contributed by atoms with Crippen molar-refractivity contribution in [1.29, 1.82) is 5.26 Å². The summed E-state index contributed by atoms with van der Waals surface area (Å²) in [5.74, 6) is -0.120. The van der Waals surface area contributed by atoms with E-state index in [2.05, 4.69) is 20.9 Å². The van der Waals surface area contributed by atoms with E-state index in [1.165, 1.54) is 11.1 Å². The van der Waals surface area contributed by atoms with Crippen LogP contribution >= 0.6 is 15.9 Å². The minimum atomic E-state index is -0.120. The molecule has 1 rings (SSSR count). The molecule has 0 saturated heterocycles. The average Bonchev–Trinajstić information content (AvgIpc) is 2.26. The average molecular weight is 268 g/mol. The van der Waals surface area contributed by atoms with Gasteiger partial charge in [-0.05, 0) is 28.1 Å². The van der Waals surface area contributed by atoms with Gasteiger partial charge in [0.1, 0.15) is 4.60 Å². The molecule has 0 atom stereocenters. The Morgan fingerprint density at radius 3 is 2.93 bits per heavy atom. The molecule has 1 heterocycles. The molecule has 0 aliphatic heterocycles. The van der Waals surface area contributed by atoms with Crippen LogP contribution in [0.15, 0.2) is 22.9 Å². The lowest BCUT2D eigenvalue weighted by molar-refractivity contribution is 0.0797. The third-order valence-corrected chi connectivity index (χ3v) is 2.35. The maximum Gasteiger partial charge on any atom is 0.255 e. The monoisotopic (exact) mass is 267 g/mol. The molecule has 4 nitrogen and oxygen atoms in total. The van der Waals surface area contributed by atoms with Crippen molar-refractivity contribution in [2.24, 2.45) is 0 Å². The van der Waals surface area contributed by atoms with Crippen LogP contribution in [-0.4, -0.2) is 29.4 Å². The molecule has 1 amide bonds. The van der Waals surface area contributed by atoms with Crippen LogP contribution in [0.2, 0.25) is 0 Å². The van der Waals surface area contributed by atoms with Crippen LogP contribution < -0.4 is 0 Å². The highest BCUT2D eigenvalue weighted by atomic mass is 79.9. The number of halogens is 1. The first-order valence-corrected chi connectivity index (χ1v) is 5.18. The summed E-state index contributed by atoms with van der Waals surface area (Å²) in [6.07, 6.45) is 1.85. The first kappa shape index (κ1) is 11.7. The third kappa shape index (κ3) is 3.33. The van der Waals surface area contributed by atoms with Crippen molar-refractivity contribution in [2.75, 3.05) is 13.6 Å². The van der Waals surface area contributed by atoms with Crippen molar-refractivity contribution in [3.05, 3.63) is 28.5 Å². The third-order valence-electron chi connectivity index (χ3n) is 1.88. The van der Waals surface area contributed by atoms with E-state index < -0.39 is 0 Å². The number of carbonyl (C=O) groups excluding carboxylic acids is 1. The molecule has 0 fully saturated rings. The fourth-order valence-corrected chi connectivity index (χ4v) is 1.28. The van der Waals surface area contributed by atoms with Crippen LogP contribution in [0.25, 0.3) is 0 Å². The lowest BCUT2D eigenvalue weighted by Crippen LogP contribution is -2.27. The van der Waals surface area contributed by atoms with Gasteiger partial charge >= 0.3 is 0 Å². The Labute approximate surface area is 96.7 Å². The Morgan fingerprint density at radius 2 is 2.40 bits per heavy atom. The van der Waals surface area contributed by atoms with Crippen LogP contribution in [0.5, 0.6) is 0 Å². The molecular formula is C10H10BrN3O. The van der Waals surface area contributed by atoms with Crippen LogP contribution in [0, 0.1) is 11.3 Å². The SMILES string of the molecule is CN(CCC#N)C(=O)c1ccc(Br)nc1. The second kappa shape index (κ2) is 5.47. The highest BCUT2D eigenvalue weighted by Crippen LogP contribution is 2.08. The number of pyridine rings is 1. The van der Waals surface area contributed by atoms with Gasteiger partial charge in [0.25, 0.3) is 5.91 Å².